The van der Waals surface area contributed by atoms with Crippen LogP contribution in [0.1, 0.15) is 76.3 Å². The van der Waals surface area contributed by atoms with Crippen molar-refractivity contribution in [2.75, 3.05) is 19.6 Å². The number of likely N-dealkylation sites (N-methyl/N-ethyl adjacent to an activating group) is 1. The lowest BCUT2D eigenvalue weighted by molar-refractivity contribution is -0.199. The fraction of sp³-hybridized carbons (Fsp3) is 0.679. The number of carbonyl (C=O) groups excluding carboxylic acids is 1. The number of aliphatic hydroxyl groups is 1. The average Bonchev–Trinajstić information content (AvgIpc) is 3.18. The van der Waals surface area contributed by atoms with Crippen LogP contribution < -0.4 is 4.74 Å². The van der Waals surface area contributed by atoms with Crippen molar-refractivity contribution in [1.82, 2.24) is 9.80 Å². The summed E-state index contributed by atoms with van der Waals surface area (Å²) in [5.41, 5.74) is 0.611. The number of hydrogen-bond donors (Lipinski definition) is 2. The van der Waals surface area contributed by atoms with Crippen LogP contribution in [0, 0.1) is 0 Å². The van der Waals surface area contributed by atoms with Gasteiger partial charge in [-0.2, -0.15) is 0 Å². The third-order valence-electron chi connectivity index (χ3n) is 9.21. The Balaban J connectivity index is 1.54. The summed E-state index contributed by atoms with van der Waals surface area (Å²) in [6.45, 7) is 10.4. The number of phenolic OH excluding ortho intramolecular Hbond substituents is 1. The van der Waals surface area contributed by atoms with E-state index in [0.29, 0.717) is 31.6 Å². The minimum atomic E-state index is -0.953. The topological polar surface area (TPSA) is 73.2 Å². The molecule has 6 heteroatoms. The van der Waals surface area contributed by atoms with Crippen LogP contribution in [-0.2, 0) is 16.6 Å². The molecule has 2 aliphatic carbocycles. The molecule has 1 aromatic rings. The number of piperidine rings is 1. The molecule has 2 heterocycles. The monoisotopic (exact) mass is 468 g/mol. The van der Waals surface area contributed by atoms with Crippen LogP contribution in [0.5, 0.6) is 11.5 Å². The fourth-order valence-electron chi connectivity index (χ4n) is 7.75. The molecule has 1 amide bonds. The summed E-state index contributed by atoms with van der Waals surface area (Å²) in [6.07, 6.45) is 9.27. The number of nitrogens with zero attached hydrogens (tertiary/aromatic N) is 2. The van der Waals surface area contributed by atoms with E-state index in [1.165, 1.54) is 0 Å². The summed E-state index contributed by atoms with van der Waals surface area (Å²) in [5.74, 6) is 0.866. The van der Waals surface area contributed by atoms with Gasteiger partial charge in [0.25, 0.3) is 0 Å². The van der Waals surface area contributed by atoms with Gasteiger partial charge in [-0.3, -0.25) is 9.69 Å². The maximum Gasteiger partial charge on any atom is 0.222 e. The highest BCUT2D eigenvalue weighted by atomic mass is 16.5. The number of aromatic hydroxyl groups is 1. The van der Waals surface area contributed by atoms with Crippen LogP contribution in [0.3, 0.4) is 0 Å². The van der Waals surface area contributed by atoms with Crippen molar-refractivity contribution in [3.8, 4) is 11.5 Å². The van der Waals surface area contributed by atoms with Crippen molar-refractivity contribution in [2.45, 2.75) is 101 Å². The lowest BCUT2D eigenvalue weighted by Gasteiger charge is -2.64. The van der Waals surface area contributed by atoms with Crippen LogP contribution >= 0.6 is 0 Å². The highest BCUT2D eigenvalue weighted by Crippen LogP contribution is 2.65. The van der Waals surface area contributed by atoms with Crippen molar-refractivity contribution >= 4 is 5.91 Å². The molecular weight excluding hydrogens is 428 g/mol. The van der Waals surface area contributed by atoms with Gasteiger partial charge in [-0.15, -0.1) is 6.58 Å². The van der Waals surface area contributed by atoms with Gasteiger partial charge in [-0.05, 0) is 57.2 Å². The minimum absolute atomic E-state index is 0.0193. The van der Waals surface area contributed by atoms with Gasteiger partial charge in [0, 0.05) is 31.1 Å². The molecular formula is C28H40N2O4. The van der Waals surface area contributed by atoms with Gasteiger partial charge in [0.15, 0.2) is 11.5 Å². The molecule has 1 aromatic carbocycles. The second-order valence-corrected chi connectivity index (χ2v) is 10.7. The van der Waals surface area contributed by atoms with E-state index in [-0.39, 0.29) is 29.8 Å². The van der Waals surface area contributed by atoms with Gasteiger partial charge in [-0.25, -0.2) is 0 Å². The van der Waals surface area contributed by atoms with Crippen molar-refractivity contribution < 1.29 is 19.7 Å². The van der Waals surface area contributed by atoms with E-state index in [0.717, 1.165) is 62.7 Å². The fourth-order valence-corrected chi connectivity index (χ4v) is 7.75. The predicted octanol–water partition coefficient (Wildman–Crippen LogP) is 3.92. The number of ether oxygens (including phenoxy) is 1. The van der Waals surface area contributed by atoms with Crippen molar-refractivity contribution in [3.05, 3.63) is 35.9 Å². The van der Waals surface area contributed by atoms with Crippen molar-refractivity contribution in [1.29, 1.82) is 0 Å². The molecule has 2 bridgehead atoms. The molecule has 1 spiro atoms. The maximum atomic E-state index is 13.4. The number of rotatable bonds is 9. The van der Waals surface area contributed by atoms with Gasteiger partial charge in [0.2, 0.25) is 5.91 Å². The Morgan fingerprint density at radius 3 is 2.85 bits per heavy atom. The van der Waals surface area contributed by atoms with Crippen molar-refractivity contribution in [3.63, 3.8) is 0 Å². The molecule has 4 aliphatic rings. The molecule has 1 saturated heterocycles. The quantitative estimate of drug-likeness (QED) is 0.425. The van der Waals surface area contributed by atoms with Crippen LogP contribution in [-0.4, -0.2) is 69.3 Å². The zero-order valence-electron chi connectivity index (χ0n) is 20.8. The Labute approximate surface area is 203 Å². The van der Waals surface area contributed by atoms with E-state index in [2.05, 4.69) is 18.4 Å². The summed E-state index contributed by atoms with van der Waals surface area (Å²) in [5, 5.41) is 23.2. The molecule has 5 atom stereocenters. The number of phenols is 1. The first-order valence-corrected chi connectivity index (χ1v) is 13.3. The molecule has 2 aliphatic heterocycles. The average molecular weight is 469 g/mol. The summed E-state index contributed by atoms with van der Waals surface area (Å²) in [6, 6.07) is 3.61. The molecule has 0 unspecified atom stereocenters. The lowest BCUT2D eigenvalue weighted by atomic mass is 9.48. The Bertz CT molecular complexity index is 964. The molecule has 0 radical (unpaired) electrons. The zero-order chi connectivity index (χ0) is 24.1. The second kappa shape index (κ2) is 8.87. The van der Waals surface area contributed by atoms with E-state index >= 15 is 0 Å². The molecule has 2 fully saturated rings. The number of likely N-dealkylation sites (tertiary alicyclic amines) is 1. The first kappa shape index (κ1) is 23.7. The highest BCUT2D eigenvalue weighted by molar-refractivity contribution is 5.77. The van der Waals surface area contributed by atoms with Crippen LogP contribution in [0.4, 0.5) is 0 Å². The summed E-state index contributed by atoms with van der Waals surface area (Å²) in [4.78, 5) is 17.7. The Morgan fingerprint density at radius 2 is 2.12 bits per heavy atom. The van der Waals surface area contributed by atoms with Crippen LogP contribution in [0.15, 0.2) is 24.8 Å². The Morgan fingerprint density at radius 1 is 1.29 bits per heavy atom. The third-order valence-corrected chi connectivity index (χ3v) is 9.21. The molecule has 186 valence electrons. The Hall–Kier alpha value is -2.05. The van der Waals surface area contributed by atoms with E-state index in [9.17, 15) is 15.0 Å². The van der Waals surface area contributed by atoms with Crippen LogP contribution in [0.25, 0.3) is 0 Å². The largest absolute Gasteiger partial charge is 0.504 e. The van der Waals surface area contributed by atoms with Gasteiger partial charge < -0.3 is 19.8 Å². The van der Waals surface area contributed by atoms with Gasteiger partial charge in [0.05, 0.1) is 17.1 Å². The van der Waals surface area contributed by atoms with Crippen LogP contribution in [0.2, 0.25) is 0 Å². The Kier molecular flexibility index (Phi) is 6.18. The summed E-state index contributed by atoms with van der Waals surface area (Å²) < 4.78 is 6.62. The molecule has 1 saturated carbocycles. The van der Waals surface area contributed by atoms with Crippen molar-refractivity contribution in [2.24, 2.45) is 0 Å². The second-order valence-electron chi connectivity index (χ2n) is 10.7. The lowest BCUT2D eigenvalue weighted by Crippen LogP contribution is -2.78. The molecule has 2 N–H and O–H groups in total. The normalized spacial score (nSPS) is 33.2. The van der Waals surface area contributed by atoms with E-state index < -0.39 is 11.0 Å². The predicted molar refractivity (Wildman–Crippen MR) is 132 cm³/mol. The van der Waals surface area contributed by atoms with E-state index in [1.54, 1.807) is 6.07 Å². The van der Waals surface area contributed by atoms with Gasteiger partial charge >= 0.3 is 0 Å². The molecule has 6 nitrogen and oxygen atoms in total. The summed E-state index contributed by atoms with van der Waals surface area (Å²) in [7, 11) is 0. The SMILES string of the molecule is C=CCN1CC[C@]23c4c5ccc(O)c4O[C@H]2[C@H](N(CC)C(=O)CCCCCC)CC[C@@]3(O)[C@H]1C5. The first-order chi connectivity index (χ1) is 16.4. The number of amides is 1. The standard InChI is InChI=1S/C28H40N2O4/c1-4-7-8-9-10-23(32)30(6-3)20-13-14-28(33)22-18-19-11-12-21(31)25-24(19)27(28,26(20)34-25)15-17-29(22)16-5-2/h5,11-12,20,22,26,31,33H,2,4,6-10,13-18H2,1,3H3/t20-,22-,26+,27+,28-/m1/s1. The zero-order valence-corrected chi connectivity index (χ0v) is 20.8. The number of unbranched alkanes of at least 4 members (excludes halogenated alkanes) is 3. The number of carbonyl (C=O) groups is 1. The van der Waals surface area contributed by atoms with E-state index in [4.69, 9.17) is 4.74 Å². The third kappa shape index (κ3) is 3.17. The molecule has 34 heavy (non-hydrogen) atoms. The van der Waals surface area contributed by atoms with Gasteiger partial charge in [-0.1, -0.05) is 38.3 Å². The minimum Gasteiger partial charge on any atom is -0.504 e. The smallest absolute Gasteiger partial charge is 0.222 e. The number of benzene rings is 1. The highest BCUT2D eigenvalue weighted by Gasteiger charge is 2.73. The van der Waals surface area contributed by atoms with E-state index in [1.807, 2.05) is 24.0 Å². The molecule has 5 rings (SSSR count). The van der Waals surface area contributed by atoms with Gasteiger partial charge in [0.1, 0.15) is 6.10 Å². The maximum absolute atomic E-state index is 13.4. The number of hydrogen-bond acceptors (Lipinski definition) is 5. The summed E-state index contributed by atoms with van der Waals surface area (Å²) >= 11 is 0. The molecule has 0 aromatic heterocycles. The first-order valence-electron chi connectivity index (χ1n) is 13.3.